The summed E-state index contributed by atoms with van der Waals surface area (Å²) in [5.41, 5.74) is 1.57. The van der Waals surface area contributed by atoms with Gasteiger partial charge in [0.05, 0.1) is 18.6 Å². The zero-order valence-corrected chi connectivity index (χ0v) is 8.15. The van der Waals surface area contributed by atoms with E-state index in [1.807, 2.05) is 22.9 Å². The molecule has 0 fully saturated rings. The van der Waals surface area contributed by atoms with E-state index in [-0.39, 0.29) is 6.61 Å². The predicted molar refractivity (Wildman–Crippen MR) is 54.5 cm³/mol. The van der Waals surface area contributed by atoms with Crippen LogP contribution in [0.25, 0.3) is 5.69 Å². The van der Waals surface area contributed by atoms with Crippen molar-refractivity contribution in [1.29, 1.82) is 0 Å². The zero-order valence-electron chi connectivity index (χ0n) is 7.39. The maximum atomic E-state index is 9.18. The molecule has 0 bridgehead atoms. The molecule has 0 aliphatic carbocycles. The first-order chi connectivity index (χ1) is 6.83. The molecule has 0 aliphatic heterocycles. The van der Waals surface area contributed by atoms with Crippen LogP contribution in [0, 0.1) is 0 Å². The van der Waals surface area contributed by atoms with Gasteiger partial charge in [0.25, 0.3) is 0 Å². The van der Waals surface area contributed by atoms with E-state index in [0.29, 0.717) is 10.6 Å². The van der Waals surface area contributed by atoms with Crippen LogP contribution >= 0.6 is 11.6 Å². The molecule has 1 aromatic heterocycles. The van der Waals surface area contributed by atoms with E-state index in [1.165, 1.54) is 0 Å². The van der Waals surface area contributed by atoms with E-state index in [2.05, 4.69) is 4.98 Å². The number of hydrogen-bond donors (Lipinski definition) is 1. The van der Waals surface area contributed by atoms with Crippen molar-refractivity contribution in [1.82, 2.24) is 9.55 Å². The van der Waals surface area contributed by atoms with Gasteiger partial charge in [-0.05, 0) is 12.1 Å². The summed E-state index contributed by atoms with van der Waals surface area (Å²) in [5, 5.41) is 9.75. The maximum absolute atomic E-state index is 9.18. The van der Waals surface area contributed by atoms with E-state index in [9.17, 15) is 5.11 Å². The van der Waals surface area contributed by atoms with Crippen molar-refractivity contribution in [3.63, 3.8) is 0 Å². The Bertz CT molecular complexity index is 426. The lowest BCUT2D eigenvalue weighted by Gasteiger charge is -2.09. The van der Waals surface area contributed by atoms with Crippen LogP contribution in [0.15, 0.2) is 36.9 Å². The van der Waals surface area contributed by atoms with Gasteiger partial charge < -0.3 is 9.67 Å². The Balaban J connectivity index is 2.58. The van der Waals surface area contributed by atoms with E-state index < -0.39 is 0 Å². The number of aromatic nitrogens is 2. The van der Waals surface area contributed by atoms with Gasteiger partial charge in [-0.1, -0.05) is 17.7 Å². The van der Waals surface area contributed by atoms with Crippen LogP contribution in [0.4, 0.5) is 0 Å². The lowest BCUT2D eigenvalue weighted by atomic mass is 10.2. The van der Waals surface area contributed by atoms with Gasteiger partial charge in [-0.3, -0.25) is 0 Å². The zero-order chi connectivity index (χ0) is 9.97. The molecular formula is C10H9ClN2O. The molecule has 3 nitrogen and oxygen atoms in total. The van der Waals surface area contributed by atoms with E-state index >= 15 is 0 Å². The van der Waals surface area contributed by atoms with E-state index in [0.717, 1.165) is 5.69 Å². The largest absolute Gasteiger partial charge is 0.392 e. The maximum Gasteiger partial charge on any atom is 0.0991 e. The number of nitrogens with zero attached hydrogens (tertiary/aromatic N) is 2. The molecule has 0 amide bonds. The number of aliphatic hydroxyl groups excluding tert-OH is 1. The molecule has 0 spiro atoms. The first-order valence-corrected chi connectivity index (χ1v) is 4.57. The van der Waals surface area contributed by atoms with Crippen LogP contribution in [-0.2, 0) is 6.61 Å². The highest BCUT2D eigenvalue weighted by Crippen LogP contribution is 2.22. The monoisotopic (exact) mass is 208 g/mol. The van der Waals surface area contributed by atoms with Crippen LogP contribution < -0.4 is 0 Å². The second kappa shape index (κ2) is 3.82. The molecule has 0 saturated heterocycles. The number of imidazole rings is 1. The highest BCUT2D eigenvalue weighted by Gasteiger charge is 2.06. The van der Waals surface area contributed by atoms with Gasteiger partial charge in [-0.15, -0.1) is 0 Å². The van der Waals surface area contributed by atoms with Crippen LogP contribution in [0.2, 0.25) is 5.02 Å². The van der Waals surface area contributed by atoms with Crippen molar-refractivity contribution in [2.45, 2.75) is 6.61 Å². The Morgan fingerprint density at radius 3 is 2.93 bits per heavy atom. The molecule has 0 radical (unpaired) electrons. The first-order valence-electron chi connectivity index (χ1n) is 4.19. The fraction of sp³-hybridized carbons (Fsp3) is 0.100. The third kappa shape index (κ3) is 1.52. The molecule has 2 aromatic rings. The lowest BCUT2D eigenvalue weighted by molar-refractivity contribution is 0.281. The van der Waals surface area contributed by atoms with E-state index in [1.54, 1.807) is 18.6 Å². The summed E-state index contributed by atoms with van der Waals surface area (Å²) in [6.45, 7) is -0.0762. The number of halogens is 1. The molecule has 0 saturated carbocycles. The quantitative estimate of drug-likeness (QED) is 0.820. The number of rotatable bonds is 2. The van der Waals surface area contributed by atoms with Crippen LogP contribution in [0.5, 0.6) is 0 Å². The summed E-state index contributed by atoms with van der Waals surface area (Å²) >= 11 is 5.95. The summed E-state index contributed by atoms with van der Waals surface area (Å²) < 4.78 is 1.82. The van der Waals surface area contributed by atoms with Crippen LogP contribution in [0.3, 0.4) is 0 Å². The Hall–Kier alpha value is -1.32. The van der Waals surface area contributed by atoms with Crippen molar-refractivity contribution in [2.75, 3.05) is 0 Å². The Morgan fingerprint density at radius 1 is 1.43 bits per heavy atom. The first kappa shape index (κ1) is 9.24. The highest BCUT2D eigenvalue weighted by molar-refractivity contribution is 6.31. The Labute approximate surface area is 86.6 Å². The van der Waals surface area contributed by atoms with Gasteiger partial charge in [0.15, 0.2) is 0 Å². The molecule has 0 aliphatic rings. The van der Waals surface area contributed by atoms with Crippen molar-refractivity contribution >= 4 is 11.6 Å². The van der Waals surface area contributed by atoms with Crippen LogP contribution in [-0.4, -0.2) is 14.7 Å². The minimum Gasteiger partial charge on any atom is -0.392 e. The average Bonchev–Trinajstić information content (AvgIpc) is 2.70. The smallest absolute Gasteiger partial charge is 0.0991 e. The van der Waals surface area contributed by atoms with Crippen molar-refractivity contribution in [3.8, 4) is 5.69 Å². The highest BCUT2D eigenvalue weighted by atomic mass is 35.5. The van der Waals surface area contributed by atoms with Crippen molar-refractivity contribution < 1.29 is 5.11 Å². The van der Waals surface area contributed by atoms with Gasteiger partial charge >= 0.3 is 0 Å². The molecule has 0 unspecified atom stereocenters. The fourth-order valence-corrected chi connectivity index (χ4v) is 1.58. The van der Waals surface area contributed by atoms with Gasteiger partial charge in [-0.25, -0.2) is 4.98 Å². The van der Waals surface area contributed by atoms with Crippen molar-refractivity contribution in [3.05, 3.63) is 47.5 Å². The molecule has 2 rings (SSSR count). The van der Waals surface area contributed by atoms with Crippen molar-refractivity contribution in [2.24, 2.45) is 0 Å². The minimum absolute atomic E-state index is 0.0762. The molecular weight excluding hydrogens is 200 g/mol. The topological polar surface area (TPSA) is 38.0 Å². The summed E-state index contributed by atoms with van der Waals surface area (Å²) in [5.74, 6) is 0. The Kier molecular flexibility index (Phi) is 2.52. The summed E-state index contributed by atoms with van der Waals surface area (Å²) in [7, 11) is 0. The van der Waals surface area contributed by atoms with Gasteiger partial charge in [0, 0.05) is 23.0 Å². The standard InChI is InChI=1S/C10H9ClN2O/c11-9-2-1-3-10(8(9)6-14)13-5-4-12-7-13/h1-5,7,14H,6H2. The van der Waals surface area contributed by atoms with Gasteiger partial charge in [-0.2, -0.15) is 0 Å². The number of aliphatic hydroxyl groups is 1. The summed E-state index contributed by atoms with van der Waals surface area (Å²) in [6.07, 6.45) is 5.16. The molecule has 14 heavy (non-hydrogen) atoms. The Morgan fingerprint density at radius 2 is 2.29 bits per heavy atom. The fourth-order valence-electron chi connectivity index (χ4n) is 1.35. The molecule has 1 heterocycles. The summed E-state index contributed by atoms with van der Waals surface area (Å²) in [6, 6.07) is 5.49. The predicted octanol–water partition coefficient (Wildman–Crippen LogP) is 2.02. The third-order valence-corrected chi connectivity index (χ3v) is 2.39. The number of hydrogen-bond acceptors (Lipinski definition) is 2. The lowest BCUT2D eigenvalue weighted by Crippen LogP contribution is -1.97. The average molecular weight is 209 g/mol. The summed E-state index contributed by atoms with van der Waals surface area (Å²) in [4.78, 5) is 3.94. The third-order valence-electron chi connectivity index (χ3n) is 2.03. The van der Waals surface area contributed by atoms with E-state index in [4.69, 9.17) is 11.6 Å². The van der Waals surface area contributed by atoms with Gasteiger partial charge in [0.1, 0.15) is 0 Å². The van der Waals surface area contributed by atoms with Crippen LogP contribution in [0.1, 0.15) is 5.56 Å². The molecule has 1 N–H and O–H groups in total. The molecule has 1 aromatic carbocycles. The number of benzene rings is 1. The van der Waals surface area contributed by atoms with Gasteiger partial charge in [0.2, 0.25) is 0 Å². The second-order valence-electron chi connectivity index (χ2n) is 2.87. The second-order valence-corrected chi connectivity index (χ2v) is 3.27. The normalized spacial score (nSPS) is 10.4. The molecule has 0 atom stereocenters. The SMILES string of the molecule is OCc1c(Cl)cccc1-n1ccnc1. The molecule has 4 heteroatoms. The minimum atomic E-state index is -0.0762. The molecule has 72 valence electrons.